The number of esters is 1. The van der Waals surface area contributed by atoms with Gasteiger partial charge in [0.1, 0.15) is 48.8 Å². The third-order valence-corrected chi connectivity index (χ3v) is 17.2. The van der Waals surface area contributed by atoms with Crippen molar-refractivity contribution in [3.05, 3.63) is 71.5 Å². The Balaban J connectivity index is 1.24. The van der Waals surface area contributed by atoms with E-state index in [-0.39, 0.29) is 31.8 Å². The Labute approximate surface area is 461 Å². The molecule has 78 heavy (non-hydrogen) atoms. The second kappa shape index (κ2) is 27.0. The van der Waals surface area contributed by atoms with Gasteiger partial charge in [-0.15, -0.1) is 5.10 Å². The van der Waals surface area contributed by atoms with Gasteiger partial charge < -0.3 is 73.6 Å². The molecule has 0 amide bonds. The molecule has 3 aliphatic rings. The van der Waals surface area contributed by atoms with Gasteiger partial charge in [-0.1, -0.05) is 74.5 Å². The average Bonchev–Trinajstić information content (AvgIpc) is 3.89. The normalized spacial score (nSPS) is 37.8. The number of hydrogen-bond acceptors (Lipinski definition) is 18. The first-order chi connectivity index (χ1) is 36.7. The van der Waals surface area contributed by atoms with E-state index in [2.05, 4.69) is 10.3 Å². The van der Waals surface area contributed by atoms with Crippen LogP contribution in [0, 0.1) is 17.8 Å². The van der Waals surface area contributed by atoms with Crippen molar-refractivity contribution in [3.63, 3.8) is 0 Å². The SMILES string of the molecule is CC[C@H]1OC(=O)[C@H](C)[C@@H](O[C@H]2C[C@@](C)(OC)[C@@H](O)[C@H](C)O2)[C@H](C)[C@@H](O[C@@H]2O[C@H](C)C[C@H](N(C)CCc3cn([C@H](CF)[C@H](OC)c4ccc(-c5ccc(CO)cc5)cc4)nn3)[C@H]2O)[C@](C)(O)C[C@@H](C)CN(C)[C@H](C)[C@@H](O)[C@]1(C)O. The molecule has 4 heterocycles. The van der Waals surface area contributed by atoms with Gasteiger partial charge >= 0.3 is 5.97 Å². The summed E-state index contributed by atoms with van der Waals surface area (Å²) in [6.07, 6.45) is -8.10. The summed E-state index contributed by atoms with van der Waals surface area (Å²) in [5.41, 5.74) is -0.480. The molecule has 6 N–H and O–H groups in total. The molecule has 3 saturated heterocycles. The van der Waals surface area contributed by atoms with E-state index >= 15 is 0 Å². The van der Waals surface area contributed by atoms with Gasteiger partial charge in [0.25, 0.3) is 0 Å². The van der Waals surface area contributed by atoms with Crippen molar-refractivity contribution < 1.29 is 73.0 Å². The number of aromatic nitrogens is 3. The summed E-state index contributed by atoms with van der Waals surface area (Å²) in [5, 5.41) is 78.1. The van der Waals surface area contributed by atoms with Gasteiger partial charge in [0.2, 0.25) is 0 Å². The summed E-state index contributed by atoms with van der Waals surface area (Å²) in [7, 11) is 6.74. The summed E-state index contributed by atoms with van der Waals surface area (Å²) in [5.74, 6) is -2.90. The number of carbonyl (C=O) groups excluding carboxylic acids is 1. The quantitative estimate of drug-likeness (QED) is 0.0957. The van der Waals surface area contributed by atoms with Crippen LogP contribution in [-0.4, -0.2) is 200 Å². The third-order valence-electron chi connectivity index (χ3n) is 17.2. The molecule has 3 fully saturated rings. The van der Waals surface area contributed by atoms with Crippen LogP contribution in [0.2, 0.25) is 0 Å². The van der Waals surface area contributed by atoms with E-state index in [1.54, 1.807) is 54.7 Å². The lowest BCUT2D eigenvalue weighted by molar-refractivity contribution is -0.318. The molecule has 0 aliphatic carbocycles. The van der Waals surface area contributed by atoms with E-state index < -0.39 is 127 Å². The molecule has 0 radical (unpaired) electrons. The highest BCUT2D eigenvalue weighted by molar-refractivity contribution is 5.73. The lowest BCUT2D eigenvalue weighted by Crippen LogP contribution is -2.61. The molecule has 0 bridgehead atoms. The minimum absolute atomic E-state index is 0.0376. The number of rotatable bonds is 17. The molecule has 3 aromatic rings. The van der Waals surface area contributed by atoms with E-state index in [1.807, 2.05) is 86.3 Å². The topological polar surface area (TPSA) is 240 Å². The van der Waals surface area contributed by atoms with E-state index in [4.69, 9.17) is 33.2 Å². The van der Waals surface area contributed by atoms with Gasteiger partial charge in [-0.05, 0) is 110 Å². The summed E-state index contributed by atoms with van der Waals surface area (Å²) in [4.78, 5) is 18.4. The first-order valence-corrected chi connectivity index (χ1v) is 27.8. The van der Waals surface area contributed by atoms with E-state index in [0.717, 1.165) is 22.3 Å². The lowest BCUT2D eigenvalue weighted by atomic mass is 9.77. The standard InChI is InChI=1S/C58H92FN5O14/c1-15-46-58(10,71)51(67)37(6)63(12)30-33(2)27-56(8,70)53(35(4)49(36(5)54(69)76-46)77-47-28-57(9,73-14)52(68)38(7)75-47)78-55-48(66)44(26-34(3)74-55)62(11)25-24-43-31-64(61-60-43)45(29-59)50(72-13)42-22-20-41(21-23-42)40-18-16-39(32-65)17-19-40/h16-23,31,33-38,44-53,55,65-68,70-71H,15,24-30,32H2,1-14H3/t33-,34-,35+,36-,37-,38+,44+,45-,46-,47+,48-,49+,50-,51-,52+,53-,55+,56-,57-,58-/m1/s1. The fourth-order valence-corrected chi connectivity index (χ4v) is 12.2. The van der Waals surface area contributed by atoms with Crippen LogP contribution in [0.15, 0.2) is 54.7 Å². The van der Waals surface area contributed by atoms with Crippen LogP contribution in [0.4, 0.5) is 4.39 Å². The summed E-state index contributed by atoms with van der Waals surface area (Å²) in [6.45, 7) is 17.4. The number of alkyl halides is 1. The molecule has 440 valence electrons. The molecule has 6 rings (SSSR count). The van der Waals surface area contributed by atoms with Crippen molar-refractivity contribution in [1.82, 2.24) is 24.8 Å². The van der Waals surface area contributed by atoms with Gasteiger partial charge in [-0.3, -0.25) is 4.79 Å². The number of cyclic esters (lactones) is 1. The summed E-state index contributed by atoms with van der Waals surface area (Å²) >= 11 is 0. The zero-order valence-electron chi connectivity index (χ0n) is 48.4. The number of hydrogen-bond donors (Lipinski definition) is 6. The maximum Gasteiger partial charge on any atom is 0.311 e. The number of carbonyl (C=O) groups is 1. The number of methoxy groups -OCH3 is 2. The van der Waals surface area contributed by atoms with Crippen molar-refractivity contribution >= 4 is 5.97 Å². The Bertz CT molecular complexity index is 2330. The van der Waals surface area contributed by atoms with Crippen LogP contribution in [-0.2, 0) is 51.0 Å². The number of benzene rings is 2. The highest BCUT2D eigenvalue weighted by atomic mass is 19.1. The van der Waals surface area contributed by atoms with Gasteiger partial charge in [0.15, 0.2) is 12.6 Å². The minimum Gasteiger partial charge on any atom is -0.459 e. The van der Waals surface area contributed by atoms with E-state index in [1.165, 1.54) is 25.8 Å². The first kappa shape index (κ1) is 63.6. The van der Waals surface area contributed by atoms with E-state index in [9.17, 15) is 39.8 Å². The number of aliphatic hydroxyl groups is 6. The maximum absolute atomic E-state index is 15.0. The van der Waals surface area contributed by atoms with Crippen LogP contribution in [0.25, 0.3) is 11.1 Å². The van der Waals surface area contributed by atoms with Crippen LogP contribution in [0.1, 0.15) is 124 Å². The molecule has 3 aliphatic heterocycles. The van der Waals surface area contributed by atoms with Crippen LogP contribution in [0.3, 0.4) is 0 Å². The Morgan fingerprint density at radius 2 is 1.55 bits per heavy atom. The summed E-state index contributed by atoms with van der Waals surface area (Å²) in [6, 6.07) is 13.4. The molecule has 0 unspecified atom stereocenters. The Kier molecular flexibility index (Phi) is 22.0. The molecule has 0 saturated carbocycles. The van der Waals surface area contributed by atoms with Gasteiger partial charge in [0, 0.05) is 64.3 Å². The highest BCUT2D eigenvalue weighted by Gasteiger charge is 2.53. The smallest absolute Gasteiger partial charge is 0.311 e. The lowest BCUT2D eigenvalue weighted by Gasteiger charge is -2.49. The van der Waals surface area contributed by atoms with Gasteiger partial charge in [-0.2, -0.15) is 0 Å². The molecule has 20 heteroatoms. The zero-order chi connectivity index (χ0) is 57.6. The van der Waals surface area contributed by atoms with Gasteiger partial charge in [-0.25, -0.2) is 9.07 Å². The average molecular weight is 1100 g/mol. The minimum atomic E-state index is -1.86. The number of halogens is 1. The van der Waals surface area contributed by atoms with Crippen molar-refractivity contribution in [1.29, 1.82) is 0 Å². The predicted octanol–water partition coefficient (Wildman–Crippen LogP) is 5.16. The van der Waals surface area contributed by atoms with Crippen molar-refractivity contribution in [3.8, 4) is 11.1 Å². The second-order valence-electron chi connectivity index (χ2n) is 23.5. The highest BCUT2D eigenvalue weighted by Crippen LogP contribution is 2.41. The summed E-state index contributed by atoms with van der Waals surface area (Å²) < 4.78 is 60.7. The fourth-order valence-electron chi connectivity index (χ4n) is 12.2. The van der Waals surface area contributed by atoms with Crippen LogP contribution >= 0.6 is 0 Å². The maximum atomic E-state index is 15.0. The fraction of sp³-hybridized carbons (Fsp3) is 0.741. The molecule has 2 aromatic carbocycles. The van der Waals surface area contributed by atoms with Gasteiger partial charge in [0.05, 0.1) is 53.8 Å². The van der Waals surface area contributed by atoms with Crippen LogP contribution < -0.4 is 0 Å². The first-order valence-electron chi connectivity index (χ1n) is 27.8. The van der Waals surface area contributed by atoms with E-state index in [0.29, 0.717) is 31.6 Å². The molecule has 1 aromatic heterocycles. The number of aliphatic hydroxyl groups excluding tert-OH is 4. The zero-order valence-corrected chi connectivity index (χ0v) is 48.4. The molecular formula is C58H92FN5O14. The van der Waals surface area contributed by atoms with Crippen molar-refractivity contribution in [2.75, 3.05) is 48.1 Å². The number of likely N-dealkylation sites (N-methyl/N-ethyl adjacent to an activating group) is 2. The molecular weight excluding hydrogens is 1010 g/mol. The largest absolute Gasteiger partial charge is 0.459 e. The predicted molar refractivity (Wildman–Crippen MR) is 289 cm³/mol. The monoisotopic (exact) mass is 1100 g/mol. The van der Waals surface area contributed by atoms with Crippen molar-refractivity contribution in [2.24, 2.45) is 17.8 Å². The third kappa shape index (κ3) is 14.5. The molecule has 0 spiro atoms. The second-order valence-corrected chi connectivity index (χ2v) is 23.5. The Hall–Kier alpha value is -3.58. The number of nitrogens with zero attached hydrogens (tertiary/aromatic N) is 5. The van der Waals surface area contributed by atoms with Crippen LogP contribution in [0.5, 0.6) is 0 Å². The van der Waals surface area contributed by atoms with Crippen molar-refractivity contribution in [2.45, 2.75) is 210 Å². The number of ether oxygens (including phenoxy) is 7. The Morgan fingerprint density at radius 1 is 0.910 bits per heavy atom. The Morgan fingerprint density at radius 3 is 2.14 bits per heavy atom. The molecule has 19 nitrogen and oxygen atoms in total. The molecule has 20 atom stereocenters.